The van der Waals surface area contributed by atoms with Gasteiger partial charge in [-0.1, -0.05) is 11.6 Å². The summed E-state index contributed by atoms with van der Waals surface area (Å²) in [5.41, 5.74) is 6.64. The molecule has 0 aliphatic carbocycles. The highest BCUT2D eigenvalue weighted by Crippen LogP contribution is 2.37. The summed E-state index contributed by atoms with van der Waals surface area (Å²) >= 11 is 5.88. The number of aromatic nitrogens is 2. The first-order valence-corrected chi connectivity index (χ1v) is 11.3. The number of piperidine rings is 2. The van der Waals surface area contributed by atoms with E-state index in [9.17, 15) is 0 Å². The minimum absolute atomic E-state index is 0.0373. The third-order valence-corrected chi connectivity index (χ3v) is 6.63. The SMILES string of the molecule is CC1(C)CC(N)CC(C)(CCC2(C)CC(Nc3ccc(Cl)nn3)CC(C)(C)N2)N1. The summed E-state index contributed by atoms with van der Waals surface area (Å²) < 4.78 is 0. The maximum Gasteiger partial charge on any atom is 0.151 e. The summed E-state index contributed by atoms with van der Waals surface area (Å²) in [6.07, 6.45) is 6.30. The molecule has 6 nitrogen and oxygen atoms in total. The first kappa shape index (κ1) is 22.7. The minimum Gasteiger partial charge on any atom is -0.366 e. The molecule has 2 aliphatic rings. The molecule has 7 heteroatoms. The maximum absolute atomic E-state index is 6.40. The zero-order valence-corrected chi connectivity index (χ0v) is 19.7. The second-order valence-corrected chi connectivity index (χ2v) is 11.7. The molecule has 3 heterocycles. The van der Waals surface area contributed by atoms with Gasteiger partial charge in [-0.3, -0.25) is 0 Å². The van der Waals surface area contributed by atoms with Crippen LogP contribution < -0.4 is 21.7 Å². The second kappa shape index (κ2) is 7.95. The fourth-order valence-corrected chi connectivity index (χ4v) is 6.06. The van der Waals surface area contributed by atoms with Crippen LogP contribution in [0, 0.1) is 0 Å². The lowest BCUT2D eigenvalue weighted by Gasteiger charge is -2.51. The van der Waals surface area contributed by atoms with Gasteiger partial charge in [0, 0.05) is 34.2 Å². The van der Waals surface area contributed by atoms with Crippen molar-refractivity contribution >= 4 is 17.4 Å². The Morgan fingerprint density at radius 2 is 1.52 bits per heavy atom. The van der Waals surface area contributed by atoms with Gasteiger partial charge in [0.15, 0.2) is 5.15 Å². The standard InChI is InChI=1S/C22H39ClN6/c1-19(2)11-15(24)12-21(5,28-19)9-10-22(6)14-16(13-20(3,4)29-22)25-18-8-7-17(23)26-27-18/h7-8,15-16,28-29H,9-14,24H2,1-6H3,(H,25,27). The molecule has 0 amide bonds. The summed E-state index contributed by atoms with van der Waals surface area (Å²) in [6, 6.07) is 4.27. The van der Waals surface area contributed by atoms with Gasteiger partial charge in [-0.15, -0.1) is 10.2 Å². The number of nitrogens with two attached hydrogens (primary N) is 1. The van der Waals surface area contributed by atoms with Gasteiger partial charge >= 0.3 is 0 Å². The van der Waals surface area contributed by atoms with Gasteiger partial charge in [-0.25, -0.2) is 0 Å². The van der Waals surface area contributed by atoms with Crippen LogP contribution in [0.25, 0.3) is 0 Å². The number of nitrogens with one attached hydrogen (secondary N) is 3. The van der Waals surface area contributed by atoms with Crippen LogP contribution in [-0.4, -0.2) is 44.4 Å². The Morgan fingerprint density at radius 3 is 2.07 bits per heavy atom. The van der Waals surface area contributed by atoms with Crippen LogP contribution in [0.4, 0.5) is 5.82 Å². The fraction of sp³-hybridized carbons (Fsp3) is 0.818. The van der Waals surface area contributed by atoms with Crippen LogP contribution in [0.15, 0.2) is 12.1 Å². The molecular weight excluding hydrogens is 384 g/mol. The number of nitrogens with zero attached hydrogens (tertiary/aromatic N) is 2. The Kier molecular flexibility index (Phi) is 6.23. The number of hydrogen-bond acceptors (Lipinski definition) is 6. The minimum atomic E-state index is 0.0373. The van der Waals surface area contributed by atoms with Gasteiger partial charge in [-0.2, -0.15) is 0 Å². The van der Waals surface area contributed by atoms with Crippen LogP contribution >= 0.6 is 11.6 Å². The van der Waals surface area contributed by atoms with E-state index in [0.29, 0.717) is 11.2 Å². The molecule has 2 fully saturated rings. The summed E-state index contributed by atoms with van der Waals surface area (Å²) in [5.74, 6) is 0.785. The number of halogens is 1. The molecule has 4 unspecified atom stereocenters. The normalized spacial score (nSPS) is 36.6. The van der Waals surface area contributed by atoms with Crippen LogP contribution in [0.2, 0.25) is 5.15 Å². The highest BCUT2D eigenvalue weighted by Gasteiger charge is 2.44. The van der Waals surface area contributed by atoms with Crippen molar-refractivity contribution in [2.24, 2.45) is 5.73 Å². The van der Waals surface area contributed by atoms with E-state index in [1.807, 2.05) is 6.07 Å². The predicted octanol–water partition coefficient (Wildman–Crippen LogP) is 3.86. The summed E-state index contributed by atoms with van der Waals surface area (Å²) in [5, 5.41) is 19.9. The van der Waals surface area contributed by atoms with Gasteiger partial charge in [0.1, 0.15) is 5.82 Å². The first-order valence-electron chi connectivity index (χ1n) is 10.9. The summed E-state index contributed by atoms with van der Waals surface area (Å²) in [4.78, 5) is 0. The van der Waals surface area contributed by atoms with E-state index in [4.69, 9.17) is 17.3 Å². The molecule has 164 valence electrons. The fourth-order valence-electron chi connectivity index (χ4n) is 5.96. The molecule has 1 aromatic rings. The predicted molar refractivity (Wildman–Crippen MR) is 121 cm³/mol. The summed E-state index contributed by atoms with van der Waals surface area (Å²) in [6.45, 7) is 13.8. The third kappa shape index (κ3) is 6.27. The third-order valence-electron chi connectivity index (χ3n) is 6.43. The van der Waals surface area contributed by atoms with Gasteiger partial charge in [0.05, 0.1) is 0 Å². The monoisotopic (exact) mass is 422 g/mol. The number of hydrogen-bond donors (Lipinski definition) is 4. The smallest absolute Gasteiger partial charge is 0.151 e. The Labute approximate surface area is 181 Å². The lowest BCUT2D eigenvalue weighted by Crippen LogP contribution is -2.65. The van der Waals surface area contributed by atoms with Crippen molar-refractivity contribution in [2.45, 2.75) is 114 Å². The lowest BCUT2D eigenvalue weighted by atomic mass is 9.72. The maximum atomic E-state index is 6.40. The van der Waals surface area contributed by atoms with E-state index in [2.05, 4.69) is 67.7 Å². The average molecular weight is 423 g/mol. The zero-order chi connectivity index (χ0) is 21.5. The highest BCUT2D eigenvalue weighted by atomic mass is 35.5. The zero-order valence-electron chi connectivity index (χ0n) is 18.9. The van der Waals surface area contributed by atoms with Crippen molar-refractivity contribution in [3.8, 4) is 0 Å². The lowest BCUT2D eigenvalue weighted by molar-refractivity contribution is 0.101. The highest BCUT2D eigenvalue weighted by molar-refractivity contribution is 6.29. The molecule has 0 bridgehead atoms. The van der Waals surface area contributed by atoms with Crippen molar-refractivity contribution in [1.29, 1.82) is 0 Å². The Balaban J connectivity index is 1.67. The largest absolute Gasteiger partial charge is 0.366 e. The molecule has 29 heavy (non-hydrogen) atoms. The topological polar surface area (TPSA) is 87.9 Å². The van der Waals surface area contributed by atoms with Crippen LogP contribution in [0.5, 0.6) is 0 Å². The van der Waals surface area contributed by atoms with Crippen LogP contribution in [-0.2, 0) is 0 Å². The Bertz CT molecular complexity index is 706. The molecule has 3 rings (SSSR count). The molecule has 4 atom stereocenters. The van der Waals surface area contributed by atoms with E-state index in [1.54, 1.807) is 6.07 Å². The van der Waals surface area contributed by atoms with Gasteiger partial charge in [0.25, 0.3) is 0 Å². The van der Waals surface area contributed by atoms with E-state index in [0.717, 1.165) is 44.3 Å². The number of anilines is 1. The van der Waals surface area contributed by atoms with E-state index in [1.165, 1.54) is 0 Å². The molecule has 0 aromatic carbocycles. The molecule has 0 radical (unpaired) electrons. The van der Waals surface area contributed by atoms with Crippen molar-refractivity contribution in [2.75, 3.05) is 5.32 Å². The Hall–Kier alpha value is -0.950. The molecule has 0 spiro atoms. The van der Waals surface area contributed by atoms with Crippen molar-refractivity contribution in [3.05, 3.63) is 17.3 Å². The molecular formula is C22H39ClN6. The quantitative estimate of drug-likeness (QED) is 0.576. The Morgan fingerprint density at radius 1 is 0.931 bits per heavy atom. The molecule has 5 N–H and O–H groups in total. The van der Waals surface area contributed by atoms with E-state index < -0.39 is 0 Å². The summed E-state index contributed by atoms with van der Waals surface area (Å²) in [7, 11) is 0. The molecule has 0 saturated carbocycles. The van der Waals surface area contributed by atoms with Crippen LogP contribution in [0.1, 0.15) is 80.1 Å². The van der Waals surface area contributed by atoms with Crippen molar-refractivity contribution in [3.63, 3.8) is 0 Å². The van der Waals surface area contributed by atoms with Crippen LogP contribution in [0.3, 0.4) is 0 Å². The van der Waals surface area contributed by atoms with Crippen molar-refractivity contribution < 1.29 is 0 Å². The van der Waals surface area contributed by atoms with Gasteiger partial charge in [-0.05, 0) is 92.2 Å². The molecule has 1 aromatic heterocycles. The van der Waals surface area contributed by atoms with Crippen molar-refractivity contribution in [1.82, 2.24) is 20.8 Å². The average Bonchev–Trinajstić information content (AvgIpc) is 2.51. The van der Waals surface area contributed by atoms with Gasteiger partial charge < -0.3 is 21.7 Å². The molecule has 2 saturated heterocycles. The molecule has 2 aliphatic heterocycles. The first-order chi connectivity index (χ1) is 13.3. The van der Waals surface area contributed by atoms with E-state index >= 15 is 0 Å². The second-order valence-electron chi connectivity index (χ2n) is 11.3. The van der Waals surface area contributed by atoms with E-state index in [-0.39, 0.29) is 28.2 Å². The van der Waals surface area contributed by atoms with Gasteiger partial charge in [0.2, 0.25) is 0 Å². The number of rotatable bonds is 5.